The van der Waals surface area contributed by atoms with Crippen LogP contribution in [0.15, 0.2) is 24.3 Å². The molecule has 1 fully saturated rings. The van der Waals surface area contributed by atoms with Gasteiger partial charge in [0.1, 0.15) is 5.75 Å². The molecule has 0 aliphatic carbocycles. The molecule has 1 aromatic rings. The number of ether oxygens (including phenoxy) is 1. The summed E-state index contributed by atoms with van der Waals surface area (Å²) in [5, 5.41) is 3.06. The van der Waals surface area contributed by atoms with Crippen molar-refractivity contribution in [3.05, 3.63) is 24.3 Å². The molecule has 2 rings (SSSR count). The van der Waals surface area contributed by atoms with Gasteiger partial charge in [0.05, 0.1) is 18.7 Å². The van der Waals surface area contributed by atoms with Gasteiger partial charge in [-0.25, -0.2) is 0 Å². The van der Waals surface area contributed by atoms with Gasteiger partial charge in [0.2, 0.25) is 11.8 Å². The lowest BCUT2D eigenvalue weighted by Crippen LogP contribution is -2.54. The van der Waals surface area contributed by atoms with Crippen molar-refractivity contribution < 1.29 is 14.3 Å². The Bertz CT molecular complexity index is 632. The average molecular weight is 347 g/mol. The summed E-state index contributed by atoms with van der Waals surface area (Å²) in [5.74, 6) is 0.491. The van der Waals surface area contributed by atoms with Gasteiger partial charge in [-0.2, -0.15) is 0 Å². The number of hydrogen-bond donors (Lipinski definition) is 2. The third-order valence-electron chi connectivity index (χ3n) is 4.61. The summed E-state index contributed by atoms with van der Waals surface area (Å²) in [5.41, 5.74) is 6.13. The highest BCUT2D eigenvalue weighted by Gasteiger charge is 2.38. The number of hydrogen-bond acceptors (Lipinski definition) is 4. The second-order valence-electron chi connectivity index (χ2n) is 7.43. The molecule has 138 valence electrons. The standard InChI is InChI=1S/C19H29N3O3/c1-13(2)10-19(3,12-20)21-18(24)14-9-17(23)22(11-14)15-7-5-6-8-16(15)25-4/h5-8,13-14H,9-12,20H2,1-4H3,(H,21,24). The number of amides is 2. The van der Waals surface area contributed by atoms with Crippen LogP contribution < -0.4 is 20.7 Å². The maximum absolute atomic E-state index is 12.7. The van der Waals surface area contributed by atoms with Crippen LogP contribution in [0.1, 0.15) is 33.6 Å². The fourth-order valence-electron chi connectivity index (χ4n) is 3.45. The molecule has 0 bridgehead atoms. The van der Waals surface area contributed by atoms with Gasteiger partial charge in [0.25, 0.3) is 0 Å². The molecule has 6 heteroatoms. The van der Waals surface area contributed by atoms with Crippen molar-refractivity contribution >= 4 is 17.5 Å². The summed E-state index contributed by atoms with van der Waals surface area (Å²) in [4.78, 5) is 26.8. The van der Waals surface area contributed by atoms with Gasteiger partial charge in [-0.1, -0.05) is 26.0 Å². The largest absolute Gasteiger partial charge is 0.495 e. The molecular formula is C19H29N3O3. The zero-order valence-electron chi connectivity index (χ0n) is 15.5. The third kappa shape index (κ3) is 4.51. The Morgan fingerprint density at radius 1 is 1.44 bits per heavy atom. The molecule has 1 saturated heterocycles. The van der Waals surface area contributed by atoms with Gasteiger partial charge in [0.15, 0.2) is 0 Å². The first-order valence-electron chi connectivity index (χ1n) is 8.75. The number of carbonyl (C=O) groups excluding carboxylic acids is 2. The summed E-state index contributed by atoms with van der Waals surface area (Å²) in [6.45, 7) is 6.88. The van der Waals surface area contributed by atoms with Crippen molar-refractivity contribution in [2.24, 2.45) is 17.6 Å². The lowest BCUT2D eigenvalue weighted by Gasteiger charge is -2.32. The minimum absolute atomic E-state index is 0.0667. The van der Waals surface area contributed by atoms with E-state index in [4.69, 9.17) is 10.5 Å². The fourth-order valence-corrected chi connectivity index (χ4v) is 3.45. The van der Waals surface area contributed by atoms with E-state index < -0.39 is 5.54 Å². The molecule has 1 aliphatic rings. The summed E-state index contributed by atoms with van der Waals surface area (Å²) in [6.07, 6.45) is 0.998. The van der Waals surface area contributed by atoms with Crippen molar-refractivity contribution in [3.63, 3.8) is 0 Å². The van der Waals surface area contributed by atoms with E-state index in [9.17, 15) is 9.59 Å². The number of carbonyl (C=O) groups is 2. The number of methoxy groups -OCH3 is 1. The Hall–Kier alpha value is -2.08. The molecule has 2 amide bonds. The molecule has 1 aromatic carbocycles. The lowest BCUT2D eigenvalue weighted by atomic mass is 9.90. The second kappa shape index (κ2) is 7.87. The van der Waals surface area contributed by atoms with Crippen LogP contribution in [-0.2, 0) is 9.59 Å². The molecule has 3 N–H and O–H groups in total. The van der Waals surface area contributed by atoms with E-state index in [0.717, 1.165) is 6.42 Å². The molecule has 2 unspecified atom stereocenters. The van der Waals surface area contributed by atoms with E-state index in [1.54, 1.807) is 12.0 Å². The second-order valence-corrected chi connectivity index (χ2v) is 7.43. The molecule has 1 heterocycles. The summed E-state index contributed by atoms with van der Waals surface area (Å²) >= 11 is 0. The highest BCUT2D eigenvalue weighted by atomic mass is 16.5. The predicted molar refractivity (Wildman–Crippen MR) is 98.5 cm³/mol. The predicted octanol–water partition coefficient (Wildman–Crippen LogP) is 1.93. The Morgan fingerprint density at radius 2 is 2.12 bits per heavy atom. The SMILES string of the molecule is COc1ccccc1N1CC(C(=O)NC(C)(CN)CC(C)C)CC1=O. The van der Waals surface area contributed by atoms with E-state index in [0.29, 0.717) is 30.4 Å². The van der Waals surface area contributed by atoms with E-state index in [-0.39, 0.29) is 24.2 Å². The first-order valence-corrected chi connectivity index (χ1v) is 8.75. The minimum Gasteiger partial charge on any atom is -0.495 e. The number of nitrogens with one attached hydrogen (secondary N) is 1. The molecule has 25 heavy (non-hydrogen) atoms. The third-order valence-corrected chi connectivity index (χ3v) is 4.61. The maximum atomic E-state index is 12.7. The lowest BCUT2D eigenvalue weighted by molar-refractivity contribution is -0.128. The number of nitrogens with two attached hydrogens (primary N) is 1. The summed E-state index contributed by atoms with van der Waals surface area (Å²) < 4.78 is 5.33. The molecule has 1 aliphatic heterocycles. The number of anilines is 1. The maximum Gasteiger partial charge on any atom is 0.227 e. The van der Waals surface area contributed by atoms with Gasteiger partial charge in [-0.3, -0.25) is 9.59 Å². The average Bonchev–Trinajstić information content (AvgIpc) is 2.96. The minimum atomic E-state index is -0.452. The van der Waals surface area contributed by atoms with Crippen LogP contribution in [0.4, 0.5) is 5.69 Å². The van der Waals surface area contributed by atoms with Crippen LogP contribution >= 0.6 is 0 Å². The van der Waals surface area contributed by atoms with E-state index >= 15 is 0 Å². The Labute approximate surface area is 149 Å². The topological polar surface area (TPSA) is 84.7 Å². The normalized spacial score (nSPS) is 19.8. The van der Waals surface area contributed by atoms with Gasteiger partial charge in [-0.05, 0) is 31.4 Å². The van der Waals surface area contributed by atoms with Crippen LogP contribution in [-0.4, -0.2) is 37.6 Å². The van der Waals surface area contributed by atoms with Crippen LogP contribution in [0.3, 0.4) is 0 Å². The van der Waals surface area contributed by atoms with Crippen molar-refractivity contribution in [3.8, 4) is 5.75 Å². The molecule has 0 radical (unpaired) electrons. The van der Waals surface area contributed by atoms with Crippen molar-refractivity contribution in [1.82, 2.24) is 5.32 Å². The zero-order valence-corrected chi connectivity index (χ0v) is 15.5. The monoisotopic (exact) mass is 347 g/mol. The highest BCUT2D eigenvalue weighted by molar-refractivity contribution is 6.01. The number of benzene rings is 1. The first-order chi connectivity index (χ1) is 11.8. The van der Waals surface area contributed by atoms with Gasteiger partial charge in [-0.15, -0.1) is 0 Å². The summed E-state index contributed by atoms with van der Waals surface area (Å²) in [7, 11) is 1.57. The molecule has 0 spiro atoms. The van der Waals surface area contributed by atoms with Crippen molar-refractivity contribution in [2.75, 3.05) is 25.1 Å². The van der Waals surface area contributed by atoms with Gasteiger partial charge >= 0.3 is 0 Å². The highest BCUT2D eigenvalue weighted by Crippen LogP contribution is 2.33. The van der Waals surface area contributed by atoms with Gasteiger partial charge < -0.3 is 20.7 Å². The van der Waals surface area contributed by atoms with Crippen LogP contribution in [0.5, 0.6) is 5.75 Å². The van der Waals surface area contributed by atoms with Crippen LogP contribution in [0.2, 0.25) is 0 Å². The van der Waals surface area contributed by atoms with E-state index in [1.807, 2.05) is 31.2 Å². The van der Waals surface area contributed by atoms with Crippen molar-refractivity contribution in [1.29, 1.82) is 0 Å². The summed E-state index contributed by atoms with van der Waals surface area (Å²) in [6, 6.07) is 7.35. The van der Waals surface area contributed by atoms with Crippen LogP contribution in [0, 0.1) is 11.8 Å². The van der Waals surface area contributed by atoms with Crippen LogP contribution in [0.25, 0.3) is 0 Å². The number of rotatable bonds is 7. The zero-order chi connectivity index (χ0) is 18.6. The Balaban J connectivity index is 2.10. The molecule has 2 atom stereocenters. The molecule has 0 aromatic heterocycles. The van der Waals surface area contributed by atoms with E-state index in [1.165, 1.54) is 0 Å². The molecular weight excluding hydrogens is 318 g/mol. The molecule has 6 nitrogen and oxygen atoms in total. The number of nitrogens with zero attached hydrogens (tertiary/aromatic N) is 1. The first kappa shape index (κ1) is 19.2. The Morgan fingerprint density at radius 3 is 2.72 bits per heavy atom. The van der Waals surface area contributed by atoms with Gasteiger partial charge in [0, 0.05) is 25.0 Å². The number of para-hydroxylation sites is 2. The Kier molecular flexibility index (Phi) is 6.06. The van der Waals surface area contributed by atoms with E-state index in [2.05, 4.69) is 19.2 Å². The van der Waals surface area contributed by atoms with Crippen molar-refractivity contribution in [2.45, 2.75) is 39.2 Å². The molecule has 0 saturated carbocycles. The smallest absolute Gasteiger partial charge is 0.227 e. The quantitative estimate of drug-likeness (QED) is 0.789. The fraction of sp³-hybridized carbons (Fsp3) is 0.579.